The minimum atomic E-state index is 0.223. The largest absolute Gasteiger partial charge is 0.198 e. The molecule has 0 amide bonds. The Balaban J connectivity index is 2.18. The van der Waals surface area contributed by atoms with Crippen LogP contribution in [0.25, 0.3) is 0 Å². The van der Waals surface area contributed by atoms with Gasteiger partial charge in [0.2, 0.25) is 0 Å². The number of hydrogen-bond acceptors (Lipinski definition) is 1. The lowest BCUT2D eigenvalue weighted by atomic mass is 9.71. The fraction of sp³-hybridized carbons (Fsp3) is 0.364. The van der Waals surface area contributed by atoms with Crippen LogP contribution in [0.2, 0.25) is 5.02 Å². The number of halogens is 1. The Kier molecular flexibility index (Phi) is 2.24. The van der Waals surface area contributed by atoms with Gasteiger partial charge in [0.1, 0.15) is 0 Å². The van der Waals surface area contributed by atoms with Gasteiger partial charge in [0, 0.05) is 5.02 Å². The Morgan fingerprint density at radius 2 is 1.92 bits per heavy atom. The van der Waals surface area contributed by atoms with Crippen molar-refractivity contribution in [1.29, 1.82) is 5.26 Å². The van der Waals surface area contributed by atoms with Crippen LogP contribution in [-0.4, -0.2) is 0 Å². The highest BCUT2D eigenvalue weighted by Crippen LogP contribution is 2.42. The van der Waals surface area contributed by atoms with Crippen molar-refractivity contribution in [3.05, 3.63) is 34.9 Å². The normalized spacial score (nSPS) is 26.2. The first-order valence-corrected chi connectivity index (χ1v) is 4.84. The van der Waals surface area contributed by atoms with Gasteiger partial charge < -0.3 is 0 Å². The number of hydrogen-bond donors (Lipinski definition) is 0. The molecular formula is C11H10ClN. The van der Waals surface area contributed by atoms with Gasteiger partial charge >= 0.3 is 0 Å². The summed E-state index contributed by atoms with van der Waals surface area (Å²) in [6.07, 6.45) is 2.18. The smallest absolute Gasteiger partial charge is 0.0662 e. The van der Waals surface area contributed by atoms with Gasteiger partial charge in [0.25, 0.3) is 0 Å². The highest BCUT2D eigenvalue weighted by molar-refractivity contribution is 6.30. The fourth-order valence-electron chi connectivity index (χ4n) is 1.76. The second kappa shape index (κ2) is 3.40. The Hall–Kier alpha value is -1.00. The summed E-state index contributed by atoms with van der Waals surface area (Å²) in [6, 6.07) is 10.2. The molecule has 1 saturated carbocycles. The predicted molar refractivity (Wildman–Crippen MR) is 52.5 cm³/mol. The van der Waals surface area contributed by atoms with Crippen molar-refractivity contribution in [1.82, 2.24) is 0 Å². The molecule has 1 aliphatic carbocycles. The average Bonchev–Trinajstić information content (AvgIpc) is 2.08. The monoisotopic (exact) mass is 191 g/mol. The van der Waals surface area contributed by atoms with E-state index in [1.54, 1.807) is 0 Å². The molecule has 1 fully saturated rings. The molecule has 13 heavy (non-hydrogen) atoms. The molecule has 0 heterocycles. The molecule has 0 aromatic heterocycles. The van der Waals surface area contributed by atoms with Crippen LogP contribution in [0.5, 0.6) is 0 Å². The molecule has 0 spiro atoms. The first-order chi connectivity index (χ1) is 6.31. The highest BCUT2D eigenvalue weighted by atomic mass is 35.5. The van der Waals surface area contributed by atoms with Gasteiger partial charge in [-0.05, 0) is 36.5 Å². The van der Waals surface area contributed by atoms with Crippen LogP contribution < -0.4 is 0 Å². The maximum atomic E-state index is 8.80. The molecule has 0 saturated heterocycles. The minimum absolute atomic E-state index is 0.223. The molecule has 0 bridgehead atoms. The predicted octanol–water partition coefficient (Wildman–Crippen LogP) is 3.36. The van der Waals surface area contributed by atoms with Crippen LogP contribution in [0.3, 0.4) is 0 Å². The maximum absolute atomic E-state index is 8.80. The van der Waals surface area contributed by atoms with Gasteiger partial charge in [-0.3, -0.25) is 0 Å². The van der Waals surface area contributed by atoms with E-state index in [-0.39, 0.29) is 5.92 Å². The topological polar surface area (TPSA) is 23.8 Å². The van der Waals surface area contributed by atoms with E-state index in [9.17, 15) is 0 Å². The molecule has 0 radical (unpaired) electrons. The van der Waals surface area contributed by atoms with Crippen molar-refractivity contribution >= 4 is 11.6 Å². The lowest BCUT2D eigenvalue weighted by molar-refractivity contribution is 0.325. The molecule has 1 nitrogen and oxygen atoms in total. The summed E-state index contributed by atoms with van der Waals surface area (Å²) in [5, 5.41) is 9.56. The molecule has 1 aliphatic rings. The van der Waals surface area contributed by atoms with Gasteiger partial charge in [-0.15, -0.1) is 0 Å². The molecule has 66 valence electrons. The lowest BCUT2D eigenvalue weighted by Crippen LogP contribution is -2.21. The van der Waals surface area contributed by atoms with E-state index in [2.05, 4.69) is 6.07 Å². The van der Waals surface area contributed by atoms with Gasteiger partial charge in [0.15, 0.2) is 0 Å². The van der Waals surface area contributed by atoms with E-state index in [1.165, 1.54) is 5.56 Å². The third-order valence-corrected chi connectivity index (χ3v) is 2.99. The molecule has 0 N–H and O–H groups in total. The average molecular weight is 192 g/mol. The van der Waals surface area contributed by atoms with E-state index in [0.29, 0.717) is 5.92 Å². The number of nitrogens with zero attached hydrogens (tertiary/aromatic N) is 1. The molecular weight excluding hydrogens is 182 g/mol. The van der Waals surface area contributed by atoms with E-state index in [0.717, 1.165) is 17.9 Å². The molecule has 1 aromatic rings. The van der Waals surface area contributed by atoms with Crippen LogP contribution >= 0.6 is 11.6 Å². The third kappa shape index (κ3) is 1.55. The van der Waals surface area contributed by atoms with Crippen LogP contribution in [0.15, 0.2) is 24.3 Å². The Morgan fingerprint density at radius 3 is 2.38 bits per heavy atom. The van der Waals surface area contributed by atoms with Crippen LogP contribution in [0, 0.1) is 17.2 Å². The molecule has 2 heteroatoms. The Morgan fingerprint density at radius 1 is 1.23 bits per heavy atom. The third-order valence-electron chi connectivity index (χ3n) is 2.74. The summed E-state index contributed by atoms with van der Waals surface area (Å²) in [5.74, 6) is 0.670. The lowest BCUT2D eigenvalue weighted by Gasteiger charge is -2.31. The number of benzene rings is 1. The van der Waals surface area contributed by atoms with Crippen molar-refractivity contribution < 1.29 is 0 Å². The Labute approximate surface area is 82.9 Å². The van der Waals surface area contributed by atoms with Crippen LogP contribution in [0.4, 0.5) is 0 Å². The summed E-state index contributed by atoms with van der Waals surface area (Å²) in [6.45, 7) is 0. The van der Waals surface area contributed by atoms with E-state index in [4.69, 9.17) is 16.9 Å². The number of rotatable bonds is 1. The number of nitriles is 1. The Bertz CT molecular complexity index is 336. The molecule has 0 aliphatic heterocycles. The molecule has 2 unspecified atom stereocenters. The van der Waals surface area contributed by atoms with Crippen molar-refractivity contribution in [3.63, 3.8) is 0 Å². The van der Waals surface area contributed by atoms with Gasteiger partial charge in [-0.1, -0.05) is 23.7 Å². The summed E-state index contributed by atoms with van der Waals surface area (Å²) < 4.78 is 0. The zero-order chi connectivity index (χ0) is 9.26. The van der Waals surface area contributed by atoms with E-state index >= 15 is 0 Å². The minimum Gasteiger partial charge on any atom is -0.198 e. The first-order valence-electron chi connectivity index (χ1n) is 4.46. The standard InChI is InChI=1S/C11H10ClN/c12-10-4-1-8(2-5-10)11-6-3-9(11)7-13/h1-2,4-5,9,11H,3,6H2. The zero-order valence-electron chi connectivity index (χ0n) is 7.20. The van der Waals surface area contributed by atoms with Crippen molar-refractivity contribution in [3.8, 4) is 6.07 Å². The summed E-state index contributed by atoms with van der Waals surface area (Å²) >= 11 is 5.78. The van der Waals surface area contributed by atoms with E-state index < -0.39 is 0 Å². The summed E-state index contributed by atoms with van der Waals surface area (Å²) in [4.78, 5) is 0. The fourth-order valence-corrected chi connectivity index (χ4v) is 1.89. The van der Waals surface area contributed by atoms with Crippen molar-refractivity contribution in [2.75, 3.05) is 0 Å². The summed E-state index contributed by atoms with van der Waals surface area (Å²) in [5.41, 5.74) is 1.25. The van der Waals surface area contributed by atoms with Gasteiger partial charge in [-0.25, -0.2) is 0 Å². The quantitative estimate of drug-likeness (QED) is 0.668. The second-order valence-corrected chi connectivity index (χ2v) is 3.91. The van der Waals surface area contributed by atoms with Crippen LogP contribution in [0.1, 0.15) is 24.3 Å². The van der Waals surface area contributed by atoms with Crippen molar-refractivity contribution in [2.45, 2.75) is 18.8 Å². The van der Waals surface area contributed by atoms with Crippen LogP contribution in [-0.2, 0) is 0 Å². The van der Waals surface area contributed by atoms with Crippen molar-refractivity contribution in [2.24, 2.45) is 5.92 Å². The molecule has 2 atom stereocenters. The summed E-state index contributed by atoms with van der Waals surface area (Å²) in [7, 11) is 0. The first kappa shape index (κ1) is 8.59. The zero-order valence-corrected chi connectivity index (χ0v) is 7.96. The SMILES string of the molecule is N#CC1CCC1c1ccc(Cl)cc1. The molecule has 1 aromatic carbocycles. The maximum Gasteiger partial charge on any atom is 0.0662 e. The molecule has 2 rings (SSSR count). The van der Waals surface area contributed by atoms with Gasteiger partial charge in [-0.2, -0.15) is 5.26 Å². The highest BCUT2D eigenvalue weighted by Gasteiger charge is 2.31. The van der Waals surface area contributed by atoms with E-state index in [1.807, 2.05) is 24.3 Å². The second-order valence-electron chi connectivity index (χ2n) is 3.47. The van der Waals surface area contributed by atoms with Gasteiger partial charge in [0.05, 0.1) is 12.0 Å².